The molecule has 0 radical (unpaired) electrons. The highest BCUT2D eigenvalue weighted by molar-refractivity contribution is 7.92. The molecule has 1 aliphatic rings. The Hall–Kier alpha value is -2.87. The number of rotatable bonds is 7. The van der Waals surface area contributed by atoms with E-state index in [1.165, 1.54) is 0 Å². The van der Waals surface area contributed by atoms with Crippen LogP contribution in [0.2, 0.25) is 5.02 Å². The van der Waals surface area contributed by atoms with Crippen molar-refractivity contribution < 1.29 is 13.2 Å². The molecule has 1 heterocycles. The van der Waals surface area contributed by atoms with Crippen molar-refractivity contribution in [2.45, 2.75) is 30.8 Å². The van der Waals surface area contributed by atoms with Gasteiger partial charge in [0.05, 0.1) is 4.90 Å². The zero-order valence-electron chi connectivity index (χ0n) is 19.2. The van der Waals surface area contributed by atoms with Crippen molar-refractivity contribution in [2.75, 3.05) is 24.9 Å². The van der Waals surface area contributed by atoms with E-state index in [0.717, 1.165) is 17.5 Å². The van der Waals surface area contributed by atoms with E-state index in [2.05, 4.69) is 9.62 Å². The fraction of sp³-hybridized carbons (Fsp3) is 0.269. The molecule has 6 nitrogen and oxygen atoms in total. The molecule has 178 valence electrons. The van der Waals surface area contributed by atoms with E-state index in [1.807, 2.05) is 31.0 Å². The van der Waals surface area contributed by atoms with E-state index in [1.54, 1.807) is 60.7 Å². The van der Waals surface area contributed by atoms with Crippen LogP contribution in [0.4, 0.5) is 5.69 Å². The zero-order chi connectivity index (χ0) is 24.3. The molecular weight excluding hydrogens is 470 g/mol. The molecular formula is C26H28ClN3O3S. The maximum absolute atomic E-state index is 12.8. The molecule has 34 heavy (non-hydrogen) atoms. The largest absolute Gasteiger partial charge is 0.337 e. The van der Waals surface area contributed by atoms with E-state index in [4.69, 9.17) is 11.6 Å². The molecule has 8 heteroatoms. The summed E-state index contributed by atoms with van der Waals surface area (Å²) in [5.41, 5.74) is 3.21. The number of hydrogen-bond acceptors (Lipinski definition) is 4. The van der Waals surface area contributed by atoms with Crippen LogP contribution in [0.1, 0.15) is 27.9 Å². The molecule has 0 spiro atoms. The first-order chi connectivity index (χ1) is 16.2. The van der Waals surface area contributed by atoms with Gasteiger partial charge in [0.1, 0.15) is 0 Å². The number of amides is 1. The predicted octanol–water partition coefficient (Wildman–Crippen LogP) is 4.80. The van der Waals surface area contributed by atoms with E-state index in [-0.39, 0.29) is 16.8 Å². The van der Waals surface area contributed by atoms with Gasteiger partial charge in [0.2, 0.25) is 0 Å². The lowest BCUT2D eigenvalue weighted by Gasteiger charge is -2.25. The Morgan fingerprint density at radius 1 is 1.09 bits per heavy atom. The van der Waals surface area contributed by atoms with Gasteiger partial charge in [-0.1, -0.05) is 47.5 Å². The zero-order valence-corrected chi connectivity index (χ0v) is 20.8. The number of sulfonamides is 1. The van der Waals surface area contributed by atoms with Gasteiger partial charge in [-0.15, -0.1) is 0 Å². The third kappa shape index (κ3) is 5.78. The number of nitrogens with one attached hydrogen (secondary N) is 1. The number of likely N-dealkylation sites (tertiary alicyclic amines) is 1. The lowest BCUT2D eigenvalue weighted by molar-refractivity contribution is 0.0779. The van der Waals surface area contributed by atoms with Gasteiger partial charge in [-0.3, -0.25) is 14.4 Å². The molecule has 0 saturated carbocycles. The standard InChI is InChI=1S/C26H28ClN3O3S/c1-19-6-12-25(13-7-19)34(32,33)28-23-10-8-20(9-11-23)17-29(2)24-14-15-30(18-24)26(31)21-4-3-5-22(27)16-21/h3-13,16,24,28H,14-15,17-18H2,1-2H3/t24-/m1/s1. The average molecular weight is 498 g/mol. The van der Waals surface area contributed by atoms with Crippen LogP contribution in [0.5, 0.6) is 0 Å². The first-order valence-electron chi connectivity index (χ1n) is 11.1. The fourth-order valence-electron chi connectivity index (χ4n) is 4.12. The molecule has 0 unspecified atom stereocenters. The summed E-state index contributed by atoms with van der Waals surface area (Å²) in [5.74, 6) is 0.00335. The minimum atomic E-state index is -3.63. The molecule has 4 rings (SSSR count). The number of hydrogen-bond donors (Lipinski definition) is 1. The van der Waals surface area contributed by atoms with E-state index >= 15 is 0 Å². The Bertz CT molecular complexity index is 1260. The maximum Gasteiger partial charge on any atom is 0.261 e. The van der Waals surface area contributed by atoms with Crippen LogP contribution in [-0.2, 0) is 16.6 Å². The summed E-state index contributed by atoms with van der Waals surface area (Å²) >= 11 is 6.03. The predicted molar refractivity (Wildman–Crippen MR) is 136 cm³/mol. The van der Waals surface area contributed by atoms with Gasteiger partial charge < -0.3 is 4.90 Å². The molecule has 3 aromatic rings. The average Bonchev–Trinajstić information content (AvgIpc) is 3.30. The Balaban J connectivity index is 1.33. The summed E-state index contributed by atoms with van der Waals surface area (Å²) in [6.45, 7) is 3.99. The van der Waals surface area contributed by atoms with Crippen LogP contribution in [0.3, 0.4) is 0 Å². The highest BCUT2D eigenvalue weighted by Gasteiger charge is 2.29. The van der Waals surface area contributed by atoms with Crippen molar-refractivity contribution in [1.29, 1.82) is 0 Å². The van der Waals surface area contributed by atoms with Crippen molar-refractivity contribution in [1.82, 2.24) is 9.80 Å². The molecule has 1 saturated heterocycles. The summed E-state index contributed by atoms with van der Waals surface area (Å²) in [6, 6.07) is 21.5. The third-order valence-electron chi connectivity index (χ3n) is 6.11. The van der Waals surface area contributed by atoms with Gasteiger partial charge in [-0.05, 0) is 68.4 Å². The molecule has 0 aromatic heterocycles. The SMILES string of the molecule is Cc1ccc(S(=O)(=O)Nc2ccc(CN(C)[C@@H]3CCN(C(=O)c4cccc(Cl)c4)C3)cc2)cc1. The van der Waals surface area contributed by atoms with Crippen molar-refractivity contribution in [3.05, 3.63) is 94.5 Å². The summed E-state index contributed by atoms with van der Waals surface area (Å²) in [6.07, 6.45) is 0.900. The lowest BCUT2D eigenvalue weighted by atomic mass is 10.1. The number of carbonyl (C=O) groups excluding carboxylic acids is 1. The smallest absolute Gasteiger partial charge is 0.261 e. The van der Waals surface area contributed by atoms with Crippen LogP contribution < -0.4 is 4.72 Å². The molecule has 1 atom stereocenters. The van der Waals surface area contributed by atoms with Gasteiger partial charge in [0.15, 0.2) is 0 Å². The normalized spacial score (nSPS) is 16.1. The first-order valence-corrected chi connectivity index (χ1v) is 13.0. The van der Waals surface area contributed by atoms with Crippen molar-refractivity contribution in [3.8, 4) is 0 Å². The van der Waals surface area contributed by atoms with E-state index in [0.29, 0.717) is 35.9 Å². The minimum absolute atomic E-state index is 0.00335. The highest BCUT2D eigenvalue weighted by Crippen LogP contribution is 2.22. The second kappa shape index (κ2) is 10.2. The molecule has 1 fully saturated rings. The lowest BCUT2D eigenvalue weighted by Crippen LogP contribution is -2.36. The van der Waals surface area contributed by atoms with Gasteiger partial charge in [-0.2, -0.15) is 0 Å². The molecule has 1 aliphatic heterocycles. The van der Waals surface area contributed by atoms with Crippen LogP contribution in [0, 0.1) is 6.92 Å². The monoisotopic (exact) mass is 497 g/mol. The van der Waals surface area contributed by atoms with Gasteiger partial charge in [-0.25, -0.2) is 8.42 Å². The second-order valence-electron chi connectivity index (χ2n) is 8.73. The number of likely N-dealkylation sites (N-methyl/N-ethyl adjacent to an activating group) is 1. The first kappa shape index (κ1) is 24.3. The molecule has 3 aromatic carbocycles. The number of carbonyl (C=O) groups is 1. The van der Waals surface area contributed by atoms with Crippen molar-refractivity contribution >= 4 is 33.2 Å². The Morgan fingerprint density at radius 3 is 2.47 bits per heavy atom. The van der Waals surface area contributed by atoms with Crippen LogP contribution in [0.15, 0.2) is 77.7 Å². The summed E-state index contributed by atoms with van der Waals surface area (Å²) in [7, 11) is -1.58. The Morgan fingerprint density at radius 2 is 1.79 bits per heavy atom. The molecule has 0 bridgehead atoms. The Labute approximate surface area is 206 Å². The van der Waals surface area contributed by atoms with Gasteiger partial charge >= 0.3 is 0 Å². The number of halogens is 1. The number of benzene rings is 3. The summed E-state index contributed by atoms with van der Waals surface area (Å²) in [4.78, 5) is 17.1. The Kier molecular flexibility index (Phi) is 7.26. The third-order valence-corrected chi connectivity index (χ3v) is 7.75. The molecule has 1 amide bonds. The highest BCUT2D eigenvalue weighted by atomic mass is 35.5. The summed E-state index contributed by atoms with van der Waals surface area (Å²) < 4.78 is 27.8. The van der Waals surface area contributed by atoms with Gasteiger partial charge in [0, 0.05) is 41.9 Å². The molecule has 1 N–H and O–H groups in total. The van der Waals surface area contributed by atoms with Crippen molar-refractivity contribution in [2.24, 2.45) is 0 Å². The quantitative estimate of drug-likeness (QED) is 0.509. The summed E-state index contributed by atoms with van der Waals surface area (Å²) in [5, 5.41) is 0.559. The number of nitrogens with zero attached hydrogens (tertiary/aromatic N) is 2. The fourth-order valence-corrected chi connectivity index (χ4v) is 5.37. The van der Waals surface area contributed by atoms with E-state index in [9.17, 15) is 13.2 Å². The van der Waals surface area contributed by atoms with Gasteiger partial charge in [0.25, 0.3) is 15.9 Å². The molecule has 0 aliphatic carbocycles. The van der Waals surface area contributed by atoms with Crippen LogP contribution >= 0.6 is 11.6 Å². The second-order valence-corrected chi connectivity index (χ2v) is 10.9. The number of anilines is 1. The van der Waals surface area contributed by atoms with Crippen molar-refractivity contribution in [3.63, 3.8) is 0 Å². The minimum Gasteiger partial charge on any atom is -0.337 e. The number of aryl methyl sites for hydroxylation is 1. The van der Waals surface area contributed by atoms with Crippen LogP contribution in [-0.4, -0.2) is 50.3 Å². The van der Waals surface area contributed by atoms with Crippen LogP contribution in [0.25, 0.3) is 0 Å². The topological polar surface area (TPSA) is 69.7 Å². The maximum atomic E-state index is 12.8. The van der Waals surface area contributed by atoms with E-state index < -0.39 is 10.0 Å².